The summed E-state index contributed by atoms with van der Waals surface area (Å²) in [6, 6.07) is 5.75. The number of nitrogens with zero attached hydrogens (tertiary/aromatic N) is 2. The summed E-state index contributed by atoms with van der Waals surface area (Å²) in [6.07, 6.45) is 3.41. The Labute approximate surface area is 160 Å². The molecule has 1 saturated carbocycles. The first-order valence-electron chi connectivity index (χ1n) is 7.53. The van der Waals surface area contributed by atoms with Gasteiger partial charge in [0.05, 0.1) is 6.54 Å². The highest BCUT2D eigenvalue weighted by molar-refractivity contribution is 14.0. The number of guanidine groups is 1. The third kappa shape index (κ3) is 4.20. The van der Waals surface area contributed by atoms with Crippen LogP contribution in [0.5, 0.6) is 0 Å². The van der Waals surface area contributed by atoms with Gasteiger partial charge in [0.2, 0.25) is 0 Å². The summed E-state index contributed by atoms with van der Waals surface area (Å²) in [5.74, 6) is 0.622. The summed E-state index contributed by atoms with van der Waals surface area (Å²) in [5.41, 5.74) is 7.26. The van der Waals surface area contributed by atoms with E-state index in [-0.39, 0.29) is 29.4 Å². The van der Waals surface area contributed by atoms with Gasteiger partial charge in [-0.2, -0.15) is 0 Å². The predicted molar refractivity (Wildman–Crippen MR) is 107 cm³/mol. The van der Waals surface area contributed by atoms with Gasteiger partial charge in [0.15, 0.2) is 5.96 Å². The molecule has 22 heavy (non-hydrogen) atoms. The van der Waals surface area contributed by atoms with Gasteiger partial charge in [-0.15, -0.1) is 24.0 Å². The molecular formula is C16H24Cl2IN3. The molecule has 0 bridgehead atoms. The lowest BCUT2D eigenvalue weighted by molar-refractivity contribution is 0.252. The summed E-state index contributed by atoms with van der Waals surface area (Å²) in [4.78, 5) is 6.69. The van der Waals surface area contributed by atoms with Crippen molar-refractivity contribution in [3.63, 3.8) is 0 Å². The second-order valence-corrected chi connectivity index (χ2v) is 6.45. The molecule has 0 unspecified atom stereocenters. The van der Waals surface area contributed by atoms with E-state index in [0.717, 1.165) is 36.5 Å². The second kappa shape index (κ2) is 8.60. The van der Waals surface area contributed by atoms with Gasteiger partial charge in [-0.25, -0.2) is 0 Å². The summed E-state index contributed by atoms with van der Waals surface area (Å²) in [6.45, 7) is 6.61. The highest BCUT2D eigenvalue weighted by Crippen LogP contribution is 2.46. The maximum absolute atomic E-state index is 6.38. The summed E-state index contributed by atoms with van der Waals surface area (Å²) >= 11 is 12.4. The van der Waals surface area contributed by atoms with E-state index in [1.54, 1.807) is 0 Å². The Balaban J connectivity index is 0.00000242. The van der Waals surface area contributed by atoms with Crippen LogP contribution in [0.3, 0.4) is 0 Å². The van der Waals surface area contributed by atoms with Crippen molar-refractivity contribution in [1.29, 1.82) is 0 Å². The standard InChI is InChI=1S/C16H23Cl2N3.HI/c1-3-21(4-2)15(19)20-11-16(8-5-9-16)13-7-6-12(17)10-14(13)18;/h6-7,10H,3-5,8-9,11H2,1-2H3,(H2,19,20);1H. The minimum absolute atomic E-state index is 0. The molecule has 2 N–H and O–H groups in total. The van der Waals surface area contributed by atoms with Gasteiger partial charge < -0.3 is 10.6 Å². The topological polar surface area (TPSA) is 41.6 Å². The maximum atomic E-state index is 6.38. The van der Waals surface area contributed by atoms with Crippen molar-refractivity contribution in [2.75, 3.05) is 19.6 Å². The molecular weight excluding hydrogens is 432 g/mol. The van der Waals surface area contributed by atoms with Crippen LogP contribution in [0.1, 0.15) is 38.7 Å². The monoisotopic (exact) mass is 455 g/mol. The minimum Gasteiger partial charge on any atom is -0.370 e. The van der Waals surface area contributed by atoms with Crippen molar-refractivity contribution in [3.8, 4) is 0 Å². The van der Waals surface area contributed by atoms with Crippen LogP contribution in [0.15, 0.2) is 23.2 Å². The van der Waals surface area contributed by atoms with E-state index < -0.39 is 0 Å². The van der Waals surface area contributed by atoms with E-state index in [1.807, 2.05) is 18.2 Å². The van der Waals surface area contributed by atoms with E-state index in [1.165, 1.54) is 6.42 Å². The lowest BCUT2D eigenvalue weighted by atomic mass is 9.64. The Bertz CT molecular complexity index is 526. The van der Waals surface area contributed by atoms with Gasteiger partial charge in [0.1, 0.15) is 0 Å². The fraction of sp³-hybridized carbons (Fsp3) is 0.562. The molecule has 0 spiro atoms. The molecule has 1 aromatic rings. The first-order chi connectivity index (χ1) is 10.0. The zero-order valence-electron chi connectivity index (χ0n) is 13.1. The molecule has 1 aromatic carbocycles. The minimum atomic E-state index is 0. The van der Waals surface area contributed by atoms with Gasteiger partial charge >= 0.3 is 0 Å². The van der Waals surface area contributed by atoms with E-state index in [2.05, 4.69) is 23.7 Å². The molecule has 0 amide bonds. The quantitative estimate of drug-likeness (QED) is 0.397. The van der Waals surface area contributed by atoms with E-state index in [4.69, 9.17) is 28.9 Å². The Kier molecular flexibility index (Phi) is 7.75. The Morgan fingerprint density at radius 3 is 2.36 bits per heavy atom. The Morgan fingerprint density at radius 1 is 1.27 bits per heavy atom. The van der Waals surface area contributed by atoms with Crippen LogP contribution in [0, 0.1) is 0 Å². The fourth-order valence-electron chi connectivity index (χ4n) is 2.92. The largest absolute Gasteiger partial charge is 0.370 e. The number of rotatable bonds is 5. The Hall–Kier alpha value is -0.200. The normalized spacial score (nSPS) is 16.6. The van der Waals surface area contributed by atoms with Crippen molar-refractivity contribution >= 4 is 53.1 Å². The summed E-state index contributed by atoms with van der Waals surface area (Å²) < 4.78 is 0. The van der Waals surface area contributed by atoms with Crippen molar-refractivity contribution < 1.29 is 0 Å². The highest BCUT2D eigenvalue weighted by atomic mass is 127. The molecule has 0 heterocycles. The van der Waals surface area contributed by atoms with Gasteiger partial charge in [-0.05, 0) is 44.4 Å². The first kappa shape index (κ1) is 19.8. The molecule has 0 atom stereocenters. The lowest BCUT2D eigenvalue weighted by Gasteiger charge is -2.42. The number of benzene rings is 1. The van der Waals surface area contributed by atoms with Crippen molar-refractivity contribution in [3.05, 3.63) is 33.8 Å². The molecule has 0 aliphatic heterocycles. The number of halogens is 3. The molecule has 0 radical (unpaired) electrons. The van der Waals surface area contributed by atoms with Gasteiger partial charge in [-0.3, -0.25) is 4.99 Å². The molecule has 0 aromatic heterocycles. The zero-order valence-corrected chi connectivity index (χ0v) is 17.0. The summed E-state index contributed by atoms with van der Waals surface area (Å²) in [7, 11) is 0. The van der Waals surface area contributed by atoms with E-state index >= 15 is 0 Å². The molecule has 1 aliphatic carbocycles. The first-order valence-corrected chi connectivity index (χ1v) is 8.28. The number of hydrogen-bond acceptors (Lipinski definition) is 1. The van der Waals surface area contributed by atoms with Crippen LogP contribution >= 0.6 is 47.2 Å². The van der Waals surface area contributed by atoms with E-state index in [0.29, 0.717) is 17.5 Å². The third-order valence-electron chi connectivity index (χ3n) is 4.44. The van der Waals surface area contributed by atoms with E-state index in [9.17, 15) is 0 Å². The smallest absolute Gasteiger partial charge is 0.191 e. The molecule has 1 fully saturated rings. The molecule has 2 rings (SSSR count). The molecule has 124 valence electrons. The number of aliphatic imine (C=N–C) groups is 1. The average Bonchev–Trinajstić information content (AvgIpc) is 2.40. The highest BCUT2D eigenvalue weighted by Gasteiger charge is 2.40. The third-order valence-corrected chi connectivity index (χ3v) is 4.99. The number of hydrogen-bond donors (Lipinski definition) is 1. The average molecular weight is 456 g/mol. The second-order valence-electron chi connectivity index (χ2n) is 5.60. The van der Waals surface area contributed by atoms with Gasteiger partial charge in [-0.1, -0.05) is 35.7 Å². The fourth-order valence-corrected chi connectivity index (χ4v) is 3.52. The van der Waals surface area contributed by atoms with Crippen LogP contribution in [0.4, 0.5) is 0 Å². The summed E-state index contributed by atoms with van der Waals surface area (Å²) in [5, 5.41) is 1.41. The van der Waals surface area contributed by atoms with Crippen molar-refractivity contribution in [2.24, 2.45) is 10.7 Å². The Morgan fingerprint density at radius 2 is 1.91 bits per heavy atom. The number of nitrogens with two attached hydrogens (primary N) is 1. The predicted octanol–water partition coefficient (Wildman–Crippen LogP) is 4.69. The van der Waals surface area contributed by atoms with Crippen LogP contribution in [-0.2, 0) is 5.41 Å². The molecule has 6 heteroatoms. The van der Waals surface area contributed by atoms with Crippen LogP contribution in [-0.4, -0.2) is 30.5 Å². The molecule has 3 nitrogen and oxygen atoms in total. The van der Waals surface area contributed by atoms with Crippen molar-refractivity contribution in [2.45, 2.75) is 38.5 Å². The molecule has 1 aliphatic rings. The lowest BCUT2D eigenvalue weighted by Crippen LogP contribution is -2.41. The van der Waals surface area contributed by atoms with Crippen LogP contribution < -0.4 is 5.73 Å². The van der Waals surface area contributed by atoms with Crippen LogP contribution in [0.2, 0.25) is 10.0 Å². The van der Waals surface area contributed by atoms with Crippen molar-refractivity contribution in [1.82, 2.24) is 4.90 Å². The van der Waals surface area contributed by atoms with Gasteiger partial charge in [0, 0.05) is 28.5 Å². The molecule has 0 saturated heterocycles. The SMILES string of the molecule is CCN(CC)C(N)=NCC1(c2ccc(Cl)cc2Cl)CCC1.I. The van der Waals surface area contributed by atoms with Gasteiger partial charge in [0.25, 0.3) is 0 Å². The zero-order chi connectivity index (χ0) is 15.5. The maximum Gasteiger partial charge on any atom is 0.191 e. The van der Waals surface area contributed by atoms with Crippen LogP contribution in [0.25, 0.3) is 0 Å².